The largest absolute Gasteiger partial charge is 0.328 e. The maximum absolute atomic E-state index is 12.1. The summed E-state index contributed by atoms with van der Waals surface area (Å²) in [6, 6.07) is 6.72. The molecule has 1 aromatic rings. The highest BCUT2D eigenvalue weighted by molar-refractivity contribution is 6.21. The minimum absolute atomic E-state index is 0.0330. The predicted octanol–water partition coefficient (Wildman–Crippen LogP) is 1.41. The van der Waals surface area contributed by atoms with Crippen molar-refractivity contribution in [2.75, 3.05) is 0 Å². The fraction of sp³-hybridized carbons (Fsp3) is 0.385. The van der Waals surface area contributed by atoms with E-state index in [1.165, 1.54) is 4.90 Å². The Bertz CT molecular complexity index is 433. The highest BCUT2D eigenvalue weighted by atomic mass is 16.2. The van der Waals surface area contributed by atoms with Crippen molar-refractivity contribution >= 4 is 11.8 Å². The topological polar surface area (TPSA) is 63.4 Å². The lowest BCUT2D eigenvalue weighted by atomic mass is 10.1. The zero-order chi connectivity index (χ0) is 12.6. The van der Waals surface area contributed by atoms with Gasteiger partial charge >= 0.3 is 0 Å². The summed E-state index contributed by atoms with van der Waals surface area (Å²) in [5.74, 6) is -0.419. The van der Waals surface area contributed by atoms with Crippen LogP contribution < -0.4 is 5.73 Å². The first-order valence-electron chi connectivity index (χ1n) is 5.75. The summed E-state index contributed by atoms with van der Waals surface area (Å²) in [6.45, 7) is 3.72. The Morgan fingerprint density at radius 2 is 1.59 bits per heavy atom. The molecule has 90 valence electrons. The number of imide groups is 1. The number of carbonyl (C=O) groups excluding carboxylic acids is 2. The smallest absolute Gasteiger partial charge is 0.261 e. The summed E-state index contributed by atoms with van der Waals surface area (Å²) in [4.78, 5) is 25.5. The fourth-order valence-electron chi connectivity index (χ4n) is 2.25. The molecule has 0 saturated carbocycles. The van der Waals surface area contributed by atoms with Crippen LogP contribution in [0.25, 0.3) is 0 Å². The molecule has 2 unspecified atom stereocenters. The summed E-state index contributed by atoms with van der Waals surface area (Å²) in [7, 11) is 0. The number of nitrogens with zero attached hydrogens (tertiary/aromatic N) is 1. The zero-order valence-corrected chi connectivity index (χ0v) is 10.0. The standard InChI is InChI=1S/C13H16N2O2/c1-8(14)7-9(2)15-12(16)10-5-3-4-6-11(10)13(15)17/h3-6,8-9H,7,14H2,1-2H3. The fourth-order valence-corrected chi connectivity index (χ4v) is 2.25. The highest BCUT2D eigenvalue weighted by Crippen LogP contribution is 2.25. The van der Waals surface area contributed by atoms with E-state index in [2.05, 4.69) is 0 Å². The quantitative estimate of drug-likeness (QED) is 0.801. The first kappa shape index (κ1) is 11.8. The lowest BCUT2D eigenvalue weighted by Crippen LogP contribution is -2.40. The molecular weight excluding hydrogens is 216 g/mol. The third-order valence-corrected chi connectivity index (χ3v) is 2.98. The Morgan fingerprint density at radius 3 is 2.00 bits per heavy atom. The van der Waals surface area contributed by atoms with Gasteiger partial charge in [-0.05, 0) is 32.4 Å². The van der Waals surface area contributed by atoms with Gasteiger partial charge in [-0.1, -0.05) is 12.1 Å². The van der Waals surface area contributed by atoms with Crippen molar-refractivity contribution < 1.29 is 9.59 Å². The summed E-state index contributed by atoms with van der Waals surface area (Å²) in [6.07, 6.45) is 0.617. The van der Waals surface area contributed by atoms with E-state index >= 15 is 0 Å². The Morgan fingerprint density at radius 1 is 1.12 bits per heavy atom. The molecule has 2 N–H and O–H groups in total. The van der Waals surface area contributed by atoms with E-state index < -0.39 is 0 Å². The van der Waals surface area contributed by atoms with Gasteiger partial charge in [-0.15, -0.1) is 0 Å². The summed E-state index contributed by atoms with van der Waals surface area (Å²) < 4.78 is 0. The van der Waals surface area contributed by atoms with Gasteiger partial charge in [0.05, 0.1) is 11.1 Å². The predicted molar refractivity (Wildman–Crippen MR) is 64.7 cm³/mol. The SMILES string of the molecule is CC(N)CC(C)N1C(=O)c2ccccc2C1=O. The third kappa shape index (κ3) is 1.96. The third-order valence-electron chi connectivity index (χ3n) is 2.98. The number of nitrogens with two attached hydrogens (primary N) is 1. The second-order valence-electron chi connectivity index (χ2n) is 4.59. The number of amides is 2. The molecule has 0 saturated heterocycles. The molecule has 2 atom stereocenters. The van der Waals surface area contributed by atoms with E-state index in [-0.39, 0.29) is 23.9 Å². The van der Waals surface area contributed by atoms with Crippen LogP contribution in [0, 0.1) is 0 Å². The maximum Gasteiger partial charge on any atom is 0.261 e. The number of hydrogen-bond acceptors (Lipinski definition) is 3. The molecule has 1 heterocycles. The second-order valence-corrected chi connectivity index (χ2v) is 4.59. The lowest BCUT2D eigenvalue weighted by molar-refractivity contribution is 0.0587. The molecule has 1 aliphatic heterocycles. The first-order chi connectivity index (χ1) is 8.02. The van der Waals surface area contributed by atoms with E-state index in [1.54, 1.807) is 24.3 Å². The van der Waals surface area contributed by atoms with Gasteiger partial charge in [0.1, 0.15) is 0 Å². The Hall–Kier alpha value is -1.68. The molecular formula is C13H16N2O2. The maximum atomic E-state index is 12.1. The summed E-state index contributed by atoms with van der Waals surface area (Å²) in [5.41, 5.74) is 6.70. The van der Waals surface area contributed by atoms with Gasteiger partial charge in [0.15, 0.2) is 0 Å². The van der Waals surface area contributed by atoms with Crippen molar-refractivity contribution in [2.45, 2.75) is 32.4 Å². The van der Waals surface area contributed by atoms with Crippen LogP contribution in [-0.2, 0) is 0 Å². The van der Waals surface area contributed by atoms with E-state index in [4.69, 9.17) is 5.73 Å². The lowest BCUT2D eigenvalue weighted by Gasteiger charge is -2.23. The molecule has 0 aliphatic carbocycles. The van der Waals surface area contributed by atoms with Gasteiger partial charge < -0.3 is 5.73 Å². The monoisotopic (exact) mass is 232 g/mol. The first-order valence-corrected chi connectivity index (χ1v) is 5.75. The van der Waals surface area contributed by atoms with Crippen LogP contribution in [-0.4, -0.2) is 28.8 Å². The van der Waals surface area contributed by atoms with Gasteiger partial charge in [-0.25, -0.2) is 0 Å². The van der Waals surface area contributed by atoms with Crippen LogP contribution >= 0.6 is 0 Å². The van der Waals surface area contributed by atoms with Crippen LogP contribution in [0.5, 0.6) is 0 Å². The normalized spacial score (nSPS) is 18.2. The second kappa shape index (κ2) is 4.30. The van der Waals surface area contributed by atoms with Crippen molar-refractivity contribution in [1.82, 2.24) is 4.90 Å². The molecule has 4 heteroatoms. The van der Waals surface area contributed by atoms with Gasteiger partial charge in [0.2, 0.25) is 0 Å². The number of benzene rings is 1. The van der Waals surface area contributed by atoms with E-state index in [1.807, 2.05) is 13.8 Å². The van der Waals surface area contributed by atoms with Crippen molar-refractivity contribution in [3.8, 4) is 0 Å². The molecule has 0 spiro atoms. The molecule has 0 fully saturated rings. The number of rotatable bonds is 3. The molecule has 0 bridgehead atoms. The molecule has 2 amide bonds. The molecule has 1 aromatic carbocycles. The molecule has 4 nitrogen and oxygen atoms in total. The van der Waals surface area contributed by atoms with E-state index in [0.717, 1.165) is 0 Å². The van der Waals surface area contributed by atoms with Gasteiger partial charge in [0, 0.05) is 12.1 Å². The van der Waals surface area contributed by atoms with Crippen molar-refractivity contribution in [3.05, 3.63) is 35.4 Å². The van der Waals surface area contributed by atoms with Crippen LogP contribution in [0.2, 0.25) is 0 Å². The van der Waals surface area contributed by atoms with Crippen molar-refractivity contribution in [1.29, 1.82) is 0 Å². The number of fused-ring (bicyclic) bond motifs is 1. The Kier molecular flexibility index (Phi) is 2.98. The zero-order valence-electron chi connectivity index (χ0n) is 10.0. The van der Waals surface area contributed by atoms with E-state index in [9.17, 15) is 9.59 Å². The Balaban J connectivity index is 2.30. The number of carbonyl (C=O) groups is 2. The van der Waals surface area contributed by atoms with Crippen LogP contribution in [0.1, 0.15) is 41.0 Å². The number of hydrogen-bond donors (Lipinski definition) is 1. The molecule has 2 rings (SSSR count). The molecule has 1 aliphatic rings. The highest BCUT2D eigenvalue weighted by Gasteiger charge is 2.37. The van der Waals surface area contributed by atoms with Crippen LogP contribution in [0.4, 0.5) is 0 Å². The summed E-state index contributed by atoms with van der Waals surface area (Å²) >= 11 is 0. The van der Waals surface area contributed by atoms with Crippen molar-refractivity contribution in [2.24, 2.45) is 5.73 Å². The summed E-state index contributed by atoms with van der Waals surface area (Å²) in [5, 5.41) is 0. The minimum atomic E-state index is -0.209. The van der Waals surface area contributed by atoms with Crippen molar-refractivity contribution in [3.63, 3.8) is 0 Å². The van der Waals surface area contributed by atoms with Crippen LogP contribution in [0.15, 0.2) is 24.3 Å². The molecule has 17 heavy (non-hydrogen) atoms. The average molecular weight is 232 g/mol. The van der Waals surface area contributed by atoms with Gasteiger partial charge in [-0.3, -0.25) is 14.5 Å². The van der Waals surface area contributed by atoms with Crippen LogP contribution in [0.3, 0.4) is 0 Å². The Labute approximate surface area is 100 Å². The average Bonchev–Trinajstić information content (AvgIpc) is 2.51. The molecule has 0 radical (unpaired) electrons. The van der Waals surface area contributed by atoms with E-state index in [0.29, 0.717) is 17.5 Å². The van der Waals surface area contributed by atoms with Gasteiger partial charge in [0.25, 0.3) is 11.8 Å². The van der Waals surface area contributed by atoms with Gasteiger partial charge in [-0.2, -0.15) is 0 Å². The molecule has 0 aromatic heterocycles. The minimum Gasteiger partial charge on any atom is -0.328 e.